The molecule has 3 aromatic rings. The van der Waals surface area contributed by atoms with E-state index in [0.29, 0.717) is 12.3 Å². The summed E-state index contributed by atoms with van der Waals surface area (Å²) in [6.45, 7) is 2.53. The fourth-order valence-corrected chi connectivity index (χ4v) is 3.27. The van der Waals surface area contributed by atoms with Crippen molar-refractivity contribution in [3.63, 3.8) is 0 Å². The van der Waals surface area contributed by atoms with Crippen molar-refractivity contribution in [2.24, 2.45) is 5.92 Å². The third kappa shape index (κ3) is 5.88. The zero-order valence-corrected chi connectivity index (χ0v) is 18.1. The molecular weight excluding hydrogens is 402 g/mol. The van der Waals surface area contributed by atoms with E-state index in [-0.39, 0.29) is 24.3 Å². The van der Waals surface area contributed by atoms with Gasteiger partial charge in [-0.1, -0.05) is 36.4 Å². The van der Waals surface area contributed by atoms with Crippen molar-refractivity contribution in [1.82, 2.24) is 0 Å². The Morgan fingerprint density at radius 2 is 1.56 bits per heavy atom. The first-order valence-electron chi connectivity index (χ1n) is 10.8. The van der Waals surface area contributed by atoms with Crippen molar-refractivity contribution >= 4 is 28.9 Å². The highest BCUT2D eigenvalue weighted by molar-refractivity contribution is 5.98. The minimum Gasteiger partial charge on any atom is -0.489 e. The second kappa shape index (κ2) is 10.0. The lowest BCUT2D eigenvalue weighted by molar-refractivity contribution is -0.117. The normalized spacial score (nSPS) is 12.7. The molecule has 0 aliphatic heterocycles. The summed E-state index contributed by atoms with van der Waals surface area (Å²) in [7, 11) is 0. The van der Waals surface area contributed by atoms with E-state index < -0.39 is 0 Å². The lowest BCUT2D eigenvalue weighted by Crippen LogP contribution is -2.22. The van der Waals surface area contributed by atoms with Gasteiger partial charge in [0, 0.05) is 23.0 Å². The molecule has 1 aliphatic carbocycles. The van der Waals surface area contributed by atoms with Crippen LogP contribution in [-0.2, 0) is 16.2 Å². The first-order valence-corrected chi connectivity index (χ1v) is 10.8. The minimum atomic E-state index is -0.164. The van der Waals surface area contributed by atoms with Gasteiger partial charge in [-0.2, -0.15) is 0 Å². The average Bonchev–Trinajstić information content (AvgIpc) is 3.66. The first-order chi connectivity index (χ1) is 15.6. The molecule has 0 radical (unpaired) electrons. The van der Waals surface area contributed by atoms with Crippen LogP contribution in [0.25, 0.3) is 0 Å². The van der Waals surface area contributed by atoms with Gasteiger partial charge < -0.3 is 20.7 Å². The summed E-state index contributed by atoms with van der Waals surface area (Å²) in [5.41, 5.74) is 4.20. The monoisotopic (exact) mass is 429 g/mol. The van der Waals surface area contributed by atoms with E-state index in [4.69, 9.17) is 4.74 Å². The summed E-state index contributed by atoms with van der Waals surface area (Å²) in [5, 5.41) is 8.98. The number of carbonyl (C=O) groups excluding carboxylic acids is 2. The molecule has 3 aromatic carbocycles. The molecule has 2 amide bonds. The lowest BCUT2D eigenvalue weighted by Gasteiger charge is -2.14. The van der Waals surface area contributed by atoms with Crippen molar-refractivity contribution in [2.45, 2.75) is 26.4 Å². The van der Waals surface area contributed by atoms with Crippen molar-refractivity contribution in [2.75, 3.05) is 22.5 Å². The number of carbonyl (C=O) groups is 2. The summed E-state index contributed by atoms with van der Waals surface area (Å²) >= 11 is 0. The highest BCUT2D eigenvalue weighted by Crippen LogP contribution is 2.31. The standard InChI is InChI=1S/C26H27N3O3/c1-18-23(8-5-9-24(18)29-26(31)20-10-11-20)28-25(30)16-27-21-12-14-22(15-13-21)32-17-19-6-3-2-4-7-19/h2-9,12-15,20,27H,10-11,16-17H2,1H3,(H,28,30)(H,29,31). The minimum absolute atomic E-state index is 0.0504. The topological polar surface area (TPSA) is 79.5 Å². The number of ether oxygens (including phenoxy) is 1. The predicted molar refractivity (Wildman–Crippen MR) is 127 cm³/mol. The second-order valence-electron chi connectivity index (χ2n) is 7.94. The molecule has 164 valence electrons. The Kier molecular flexibility index (Phi) is 6.70. The lowest BCUT2D eigenvalue weighted by atomic mass is 10.1. The van der Waals surface area contributed by atoms with Crippen LogP contribution in [0.3, 0.4) is 0 Å². The molecule has 0 unspecified atom stereocenters. The zero-order chi connectivity index (χ0) is 22.3. The maximum Gasteiger partial charge on any atom is 0.243 e. The first kappa shape index (κ1) is 21.4. The Morgan fingerprint density at radius 3 is 2.25 bits per heavy atom. The molecule has 1 aliphatic rings. The van der Waals surface area contributed by atoms with Gasteiger partial charge in [-0.15, -0.1) is 0 Å². The van der Waals surface area contributed by atoms with E-state index in [2.05, 4.69) is 16.0 Å². The van der Waals surface area contributed by atoms with E-state index in [1.807, 2.05) is 79.7 Å². The van der Waals surface area contributed by atoms with Crippen LogP contribution in [-0.4, -0.2) is 18.4 Å². The maximum atomic E-state index is 12.4. The number of benzene rings is 3. The van der Waals surface area contributed by atoms with Gasteiger partial charge in [0.05, 0.1) is 6.54 Å². The van der Waals surface area contributed by atoms with Crippen molar-refractivity contribution in [1.29, 1.82) is 0 Å². The molecule has 0 spiro atoms. The molecule has 6 nitrogen and oxygen atoms in total. The Labute approximate surface area is 188 Å². The fourth-order valence-electron chi connectivity index (χ4n) is 3.27. The largest absolute Gasteiger partial charge is 0.489 e. The molecule has 1 saturated carbocycles. The molecular formula is C26H27N3O3. The van der Waals surface area contributed by atoms with Gasteiger partial charge in [0.1, 0.15) is 12.4 Å². The highest BCUT2D eigenvalue weighted by atomic mass is 16.5. The number of amides is 2. The van der Waals surface area contributed by atoms with E-state index in [9.17, 15) is 9.59 Å². The molecule has 0 heterocycles. The molecule has 4 rings (SSSR count). The fraction of sp³-hybridized carbons (Fsp3) is 0.231. The van der Waals surface area contributed by atoms with Gasteiger partial charge in [0.15, 0.2) is 0 Å². The van der Waals surface area contributed by atoms with Crippen molar-refractivity contribution in [3.8, 4) is 5.75 Å². The summed E-state index contributed by atoms with van der Waals surface area (Å²) in [5.74, 6) is 0.786. The molecule has 0 saturated heterocycles. The number of nitrogens with one attached hydrogen (secondary N) is 3. The SMILES string of the molecule is Cc1c(NC(=O)CNc2ccc(OCc3ccccc3)cc2)cccc1NC(=O)C1CC1. The Bertz CT molecular complexity index is 1080. The van der Waals surface area contributed by atoms with Gasteiger partial charge in [-0.3, -0.25) is 9.59 Å². The third-order valence-corrected chi connectivity index (χ3v) is 5.37. The molecule has 3 N–H and O–H groups in total. The van der Waals surface area contributed by atoms with Crippen molar-refractivity contribution in [3.05, 3.63) is 83.9 Å². The predicted octanol–water partition coefficient (Wildman–Crippen LogP) is 4.97. The van der Waals surface area contributed by atoms with Gasteiger partial charge >= 0.3 is 0 Å². The van der Waals surface area contributed by atoms with E-state index >= 15 is 0 Å². The highest BCUT2D eigenvalue weighted by Gasteiger charge is 2.29. The number of rotatable bonds is 9. The average molecular weight is 430 g/mol. The third-order valence-electron chi connectivity index (χ3n) is 5.37. The van der Waals surface area contributed by atoms with E-state index in [1.54, 1.807) is 0 Å². The smallest absolute Gasteiger partial charge is 0.243 e. The van der Waals surface area contributed by atoms with Crippen LogP contribution >= 0.6 is 0 Å². The summed E-state index contributed by atoms with van der Waals surface area (Å²) in [6, 6.07) is 23.0. The number of hydrogen-bond acceptors (Lipinski definition) is 4. The van der Waals surface area contributed by atoms with Crippen LogP contribution in [0.2, 0.25) is 0 Å². The zero-order valence-electron chi connectivity index (χ0n) is 18.1. The summed E-state index contributed by atoms with van der Waals surface area (Å²) in [4.78, 5) is 24.5. The Morgan fingerprint density at radius 1 is 0.875 bits per heavy atom. The van der Waals surface area contributed by atoms with Gasteiger partial charge in [-0.05, 0) is 67.3 Å². The quantitative estimate of drug-likeness (QED) is 0.449. The molecule has 0 atom stereocenters. The summed E-state index contributed by atoms with van der Waals surface area (Å²) in [6.07, 6.45) is 1.90. The summed E-state index contributed by atoms with van der Waals surface area (Å²) < 4.78 is 5.79. The van der Waals surface area contributed by atoms with Crippen LogP contribution in [0.15, 0.2) is 72.8 Å². The molecule has 1 fully saturated rings. The Balaban J connectivity index is 1.26. The Hall–Kier alpha value is -3.80. The number of hydrogen-bond donors (Lipinski definition) is 3. The van der Waals surface area contributed by atoms with Crippen LogP contribution in [0.5, 0.6) is 5.75 Å². The molecule has 0 aromatic heterocycles. The van der Waals surface area contributed by atoms with Crippen LogP contribution in [0.1, 0.15) is 24.0 Å². The molecule has 6 heteroatoms. The van der Waals surface area contributed by atoms with Gasteiger partial charge in [0.25, 0.3) is 0 Å². The van der Waals surface area contributed by atoms with Gasteiger partial charge in [0.2, 0.25) is 11.8 Å². The van der Waals surface area contributed by atoms with Crippen molar-refractivity contribution < 1.29 is 14.3 Å². The van der Waals surface area contributed by atoms with Gasteiger partial charge in [-0.25, -0.2) is 0 Å². The maximum absolute atomic E-state index is 12.4. The number of anilines is 3. The van der Waals surface area contributed by atoms with E-state index in [1.165, 1.54) is 0 Å². The molecule has 32 heavy (non-hydrogen) atoms. The van der Waals surface area contributed by atoms with Crippen LogP contribution in [0.4, 0.5) is 17.1 Å². The molecule has 0 bridgehead atoms. The van der Waals surface area contributed by atoms with Crippen LogP contribution < -0.4 is 20.7 Å². The van der Waals surface area contributed by atoms with Crippen LogP contribution in [0, 0.1) is 12.8 Å². The van der Waals surface area contributed by atoms with E-state index in [0.717, 1.165) is 41.1 Å². The second-order valence-corrected chi connectivity index (χ2v) is 7.94.